The van der Waals surface area contributed by atoms with Gasteiger partial charge in [0.1, 0.15) is 5.75 Å². The smallest absolute Gasteiger partial charge is 0.137 e. The molecule has 0 aliphatic carbocycles. The molecule has 0 bridgehead atoms. The number of benzene rings is 1. The predicted molar refractivity (Wildman–Crippen MR) is 76.5 cm³/mol. The zero-order valence-electron chi connectivity index (χ0n) is 11.0. The van der Waals surface area contributed by atoms with Gasteiger partial charge in [-0.15, -0.1) is 0 Å². The molecule has 1 aromatic carbocycles. The molecule has 0 saturated carbocycles. The number of hydrogen-bond acceptors (Lipinski definition) is 2. The lowest BCUT2D eigenvalue weighted by Gasteiger charge is -2.22. The van der Waals surface area contributed by atoms with Crippen molar-refractivity contribution in [3.05, 3.63) is 28.8 Å². The summed E-state index contributed by atoms with van der Waals surface area (Å²) >= 11 is 6.19. The molecule has 0 unspecified atom stereocenters. The molecule has 1 saturated heterocycles. The second-order valence-corrected chi connectivity index (χ2v) is 5.38. The van der Waals surface area contributed by atoms with Crippen molar-refractivity contribution < 1.29 is 4.74 Å². The Labute approximate surface area is 115 Å². The third kappa shape index (κ3) is 3.89. The molecule has 1 aliphatic heterocycles. The first kappa shape index (κ1) is 13.7. The molecule has 100 valence electrons. The van der Waals surface area contributed by atoms with Crippen LogP contribution in [0.15, 0.2) is 18.2 Å². The summed E-state index contributed by atoms with van der Waals surface area (Å²) in [5.41, 5.74) is 1.25. The average molecular weight is 268 g/mol. The number of aryl methyl sites for hydroxylation is 1. The van der Waals surface area contributed by atoms with E-state index in [2.05, 4.69) is 18.3 Å². The molecule has 2 nitrogen and oxygen atoms in total. The van der Waals surface area contributed by atoms with Gasteiger partial charge in [0.15, 0.2) is 0 Å². The van der Waals surface area contributed by atoms with Crippen molar-refractivity contribution in [2.24, 2.45) is 5.92 Å². The second-order valence-electron chi connectivity index (χ2n) is 4.97. The van der Waals surface area contributed by atoms with E-state index in [0.717, 1.165) is 42.7 Å². The topological polar surface area (TPSA) is 21.3 Å². The van der Waals surface area contributed by atoms with Gasteiger partial charge in [-0.3, -0.25) is 0 Å². The molecular weight excluding hydrogens is 246 g/mol. The van der Waals surface area contributed by atoms with Crippen LogP contribution in [-0.2, 0) is 6.42 Å². The highest BCUT2D eigenvalue weighted by molar-refractivity contribution is 6.32. The monoisotopic (exact) mass is 267 g/mol. The molecule has 0 spiro atoms. The Hall–Kier alpha value is -0.730. The highest BCUT2D eigenvalue weighted by Crippen LogP contribution is 2.26. The molecule has 0 amide bonds. The fourth-order valence-corrected chi connectivity index (χ4v) is 2.64. The van der Waals surface area contributed by atoms with Crippen molar-refractivity contribution in [1.29, 1.82) is 0 Å². The molecule has 1 aliphatic rings. The van der Waals surface area contributed by atoms with Crippen LogP contribution in [0.3, 0.4) is 0 Å². The van der Waals surface area contributed by atoms with Crippen molar-refractivity contribution in [1.82, 2.24) is 5.32 Å². The Bertz CT molecular complexity index is 375. The van der Waals surface area contributed by atoms with E-state index in [1.54, 1.807) is 0 Å². The van der Waals surface area contributed by atoms with Crippen molar-refractivity contribution in [3.63, 3.8) is 0 Å². The lowest BCUT2D eigenvalue weighted by Crippen LogP contribution is -2.30. The van der Waals surface area contributed by atoms with E-state index in [1.807, 2.05) is 12.1 Å². The Morgan fingerprint density at radius 2 is 2.33 bits per heavy atom. The van der Waals surface area contributed by atoms with Crippen LogP contribution in [0.1, 0.15) is 31.7 Å². The van der Waals surface area contributed by atoms with Crippen molar-refractivity contribution in [3.8, 4) is 5.75 Å². The van der Waals surface area contributed by atoms with Gasteiger partial charge in [0.2, 0.25) is 0 Å². The van der Waals surface area contributed by atoms with E-state index in [-0.39, 0.29) is 0 Å². The summed E-state index contributed by atoms with van der Waals surface area (Å²) in [6.07, 6.45) is 4.72. The summed E-state index contributed by atoms with van der Waals surface area (Å²) in [7, 11) is 0. The number of piperidine rings is 1. The van der Waals surface area contributed by atoms with Gasteiger partial charge in [-0.05, 0) is 62.4 Å². The van der Waals surface area contributed by atoms with Crippen molar-refractivity contribution in [2.75, 3.05) is 19.7 Å². The fourth-order valence-electron chi connectivity index (χ4n) is 2.39. The third-order valence-electron chi connectivity index (χ3n) is 3.59. The number of ether oxygens (including phenoxy) is 1. The summed E-state index contributed by atoms with van der Waals surface area (Å²) in [6.45, 7) is 5.19. The summed E-state index contributed by atoms with van der Waals surface area (Å²) in [6, 6.07) is 6.07. The molecule has 1 atom stereocenters. The number of hydrogen-bond donors (Lipinski definition) is 1. The molecule has 1 aromatic rings. The molecule has 2 rings (SSSR count). The van der Waals surface area contributed by atoms with Gasteiger partial charge in [-0.1, -0.05) is 24.6 Å². The Kier molecular flexibility index (Phi) is 5.33. The highest BCUT2D eigenvalue weighted by Gasteiger charge is 2.13. The van der Waals surface area contributed by atoms with Crippen LogP contribution in [0, 0.1) is 5.92 Å². The average Bonchev–Trinajstić information content (AvgIpc) is 2.42. The molecule has 18 heavy (non-hydrogen) atoms. The SMILES string of the molecule is CCc1ccc(OCC[C@@H]2CCCNC2)c(Cl)c1. The largest absolute Gasteiger partial charge is 0.492 e. The molecule has 3 heteroatoms. The van der Waals surface area contributed by atoms with E-state index in [9.17, 15) is 0 Å². The van der Waals surface area contributed by atoms with Gasteiger partial charge in [-0.25, -0.2) is 0 Å². The van der Waals surface area contributed by atoms with Crippen molar-refractivity contribution >= 4 is 11.6 Å². The Balaban J connectivity index is 1.79. The van der Waals surface area contributed by atoms with Crippen LogP contribution in [0.2, 0.25) is 5.02 Å². The van der Waals surface area contributed by atoms with Crippen LogP contribution in [0.5, 0.6) is 5.75 Å². The second kappa shape index (κ2) is 7.01. The normalized spacial score (nSPS) is 19.8. The quantitative estimate of drug-likeness (QED) is 0.879. The maximum absolute atomic E-state index is 6.19. The first-order valence-corrected chi connectivity index (χ1v) is 7.29. The van der Waals surface area contributed by atoms with Gasteiger partial charge < -0.3 is 10.1 Å². The first-order valence-electron chi connectivity index (χ1n) is 6.91. The van der Waals surface area contributed by atoms with Gasteiger partial charge >= 0.3 is 0 Å². The molecular formula is C15H22ClNO. The summed E-state index contributed by atoms with van der Waals surface area (Å²) in [4.78, 5) is 0. The molecule has 1 fully saturated rings. The van der Waals surface area contributed by atoms with Crippen molar-refractivity contribution in [2.45, 2.75) is 32.6 Å². The maximum atomic E-state index is 6.19. The molecule has 0 radical (unpaired) electrons. The zero-order valence-corrected chi connectivity index (χ0v) is 11.8. The maximum Gasteiger partial charge on any atom is 0.137 e. The zero-order chi connectivity index (χ0) is 12.8. The summed E-state index contributed by atoms with van der Waals surface area (Å²) in [5.74, 6) is 1.57. The summed E-state index contributed by atoms with van der Waals surface area (Å²) < 4.78 is 5.78. The van der Waals surface area contributed by atoms with E-state index in [4.69, 9.17) is 16.3 Å². The fraction of sp³-hybridized carbons (Fsp3) is 0.600. The van der Waals surface area contributed by atoms with E-state index >= 15 is 0 Å². The van der Waals surface area contributed by atoms with E-state index < -0.39 is 0 Å². The molecule has 0 aromatic heterocycles. The standard InChI is InChI=1S/C15H22ClNO/c1-2-12-5-6-15(14(16)10-12)18-9-7-13-4-3-8-17-11-13/h5-6,10,13,17H,2-4,7-9,11H2,1H3/t13-/m0/s1. The van der Waals surface area contributed by atoms with Gasteiger partial charge in [0, 0.05) is 0 Å². The lowest BCUT2D eigenvalue weighted by molar-refractivity contribution is 0.254. The Morgan fingerprint density at radius 3 is 3.00 bits per heavy atom. The predicted octanol–water partition coefficient (Wildman–Crippen LogP) is 3.67. The third-order valence-corrected chi connectivity index (χ3v) is 3.88. The minimum Gasteiger partial charge on any atom is -0.492 e. The number of nitrogens with one attached hydrogen (secondary N) is 1. The minimum absolute atomic E-state index is 0.733. The van der Waals surface area contributed by atoms with Crippen LogP contribution in [0.25, 0.3) is 0 Å². The van der Waals surface area contributed by atoms with Crippen LogP contribution >= 0.6 is 11.6 Å². The first-order chi connectivity index (χ1) is 8.79. The number of rotatable bonds is 5. The van der Waals surface area contributed by atoms with Crippen LogP contribution in [0.4, 0.5) is 0 Å². The van der Waals surface area contributed by atoms with Crippen LogP contribution in [-0.4, -0.2) is 19.7 Å². The van der Waals surface area contributed by atoms with Gasteiger partial charge in [0.05, 0.1) is 11.6 Å². The van der Waals surface area contributed by atoms with E-state index in [1.165, 1.54) is 24.9 Å². The van der Waals surface area contributed by atoms with Gasteiger partial charge in [0.25, 0.3) is 0 Å². The summed E-state index contributed by atoms with van der Waals surface area (Å²) in [5, 5.41) is 4.16. The lowest BCUT2D eigenvalue weighted by atomic mass is 9.97. The van der Waals surface area contributed by atoms with Crippen LogP contribution < -0.4 is 10.1 Å². The minimum atomic E-state index is 0.733. The Morgan fingerprint density at radius 1 is 1.44 bits per heavy atom. The number of halogens is 1. The highest BCUT2D eigenvalue weighted by atomic mass is 35.5. The van der Waals surface area contributed by atoms with E-state index in [0.29, 0.717) is 0 Å². The molecule has 1 N–H and O–H groups in total. The van der Waals surface area contributed by atoms with Gasteiger partial charge in [-0.2, -0.15) is 0 Å². The molecule has 1 heterocycles.